The Kier molecular flexibility index (Phi) is 2.56. The van der Waals surface area contributed by atoms with Crippen LogP contribution in [0.1, 0.15) is 25.7 Å². The Morgan fingerprint density at radius 2 is 1.77 bits per heavy atom. The maximum absolute atomic E-state index is 12.7. The van der Waals surface area contributed by atoms with E-state index in [1.807, 2.05) is 0 Å². The van der Waals surface area contributed by atoms with Gasteiger partial charge in [-0.3, -0.25) is 4.79 Å². The average molecular weight is 193 g/mol. The molecule has 0 atom stereocenters. The van der Waals surface area contributed by atoms with Crippen LogP contribution >= 0.6 is 0 Å². The second-order valence-electron chi connectivity index (χ2n) is 3.65. The molecule has 0 aromatic carbocycles. The van der Waals surface area contributed by atoms with Gasteiger partial charge in [-0.25, -0.2) is 8.78 Å². The number of alkyl halides is 2. The number of hydrogen-bond donors (Lipinski definition) is 2. The third-order valence-corrected chi connectivity index (χ3v) is 2.78. The molecule has 1 rings (SSSR count). The molecule has 13 heavy (non-hydrogen) atoms. The van der Waals surface area contributed by atoms with Gasteiger partial charge in [-0.15, -0.1) is 0 Å². The van der Waals surface area contributed by atoms with Gasteiger partial charge >= 0.3 is 5.97 Å². The van der Waals surface area contributed by atoms with Gasteiger partial charge in [0.25, 0.3) is 0 Å². The van der Waals surface area contributed by atoms with E-state index in [4.69, 9.17) is 10.8 Å². The lowest BCUT2D eigenvalue weighted by Crippen LogP contribution is -2.44. The summed E-state index contributed by atoms with van der Waals surface area (Å²) in [6, 6.07) is 0. The van der Waals surface area contributed by atoms with E-state index in [-0.39, 0.29) is 32.2 Å². The average Bonchev–Trinajstić information content (AvgIpc) is 2.05. The number of rotatable bonds is 2. The molecule has 0 heterocycles. The lowest BCUT2D eigenvalue weighted by Gasteiger charge is -2.35. The molecule has 1 fully saturated rings. The molecule has 3 N–H and O–H groups in total. The van der Waals surface area contributed by atoms with Gasteiger partial charge in [0, 0.05) is 19.4 Å². The Morgan fingerprint density at radius 1 is 1.31 bits per heavy atom. The van der Waals surface area contributed by atoms with Crippen molar-refractivity contribution in [3.05, 3.63) is 0 Å². The second kappa shape index (κ2) is 3.21. The molecule has 0 unspecified atom stereocenters. The van der Waals surface area contributed by atoms with Crippen molar-refractivity contribution in [2.75, 3.05) is 6.54 Å². The summed E-state index contributed by atoms with van der Waals surface area (Å²) in [5.74, 6) is -3.75. The third-order valence-electron chi connectivity index (χ3n) is 2.78. The summed E-state index contributed by atoms with van der Waals surface area (Å²) in [7, 11) is 0. The highest BCUT2D eigenvalue weighted by Crippen LogP contribution is 2.43. The third kappa shape index (κ3) is 1.96. The highest BCUT2D eigenvalue weighted by molar-refractivity contribution is 5.75. The largest absolute Gasteiger partial charge is 0.481 e. The number of carboxylic acids is 1. The van der Waals surface area contributed by atoms with E-state index in [0.29, 0.717) is 0 Å². The Bertz CT molecular complexity index is 208. The minimum atomic E-state index is -2.70. The SMILES string of the molecule is NCC1(C(=O)O)CCC(F)(F)CC1. The first-order valence-electron chi connectivity index (χ1n) is 4.23. The predicted molar refractivity (Wildman–Crippen MR) is 42.5 cm³/mol. The van der Waals surface area contributed by atoms with Gasteiger partial charge < -0.3 is 10.8 Å². The fourth-order valence-electron chi connectivity index (χ4n) is 1.60. The minimum Gasteiger partial charge on any atom is -0.481 e. The van der Waals surface area contributed by atoms with Crippen LogP contribution in [0.4, 0.5) is 8.78 Å². The summed E-state index contributed by atoms with van der Waals surface area (Å²) in [5.41, 5.74) is 4.19. The Labute approximate surface area is 74.9 Å². The molecule has 76 valence electrons. The predicted octanol–water partition coefficient (Wildman–Crippen LogP) is 1.23. The molecule has 0 aliphatic heterocycles. The first-order valence-corrected chi connectivity index (χ1v) is 4.23. The van der Waals surface area contributed by atoms with E-state index in [2.05, 4.69) is 0 Å². The zero-order valence-electron chi connectivity index (χ0n) is 7.22. The van der Waals surface area contributed by atoms with Crippen LogP contribution in [0.25, 0.3) is 0 Å². The maximum Gasteiger partial charge on any atom is 0.310 e. The van der Waals surface area contributed by atoms with E-state index in [0.717, 1.165) is 0 Å². The topological polar surface area (TPSA) is 63.3 Å². The summed E-state index contributed by atoms with van der Waals surface area (Å²) >= 11 is 0. The normalized spacial score (nSPS) is 25.5. The van der Waals surface area contributed by atoms with Gasteiger partial charge in [0.15, 0.2) is 0 Å². The van der Waals surface area contributed by atoms with Crippen molar-refractivity contribution in [3.8, 4) is 0 Å². The van der Waals surface area contributed by atoms with Gasteiger partial charge in [-0.2, -0.15) is 0 Å². The van der Waals surface area contributed by atoms with Crippen LogP contribution in [0.5, 0.6) is 0 Å². The summed E-state index contributed by atoms with van der Waals surface area (Å²) < 4.78 is 25.4. The molecular weight excluding hydrogens is 180 g/mol. The lowest BCUT2D eigenvalue weighted by atomic mass is 9.73. The van der Waals surface area contributed by atoms with E-state index in [9.17, 15) is 13.6 Å². The quantitative estimate of drug-likeness (QED) is 0.693. The second-order valence-corrected chi connectivity index (χ2v) is 3.65. The molecule has 0 aromatic rings. The van der Waals surface area contributed by atoms with Gasteiger partial charge in [0.2, 0.25) is 5.92 Å². The van der Waals surface area contributed by atoms with Gasteiger partial charge in [-0.1, -0.05) is 0 Å². The van der Waals surface area contributed by atoms with E-state index in [1.165, 1.54) is 0 Å². The highest BCUT2D eigenvalue weighted by atomic mass is 19.3. The molecule has 0 saturated heterocycles. The molecule has 0 spiro atoms. The van der Waals surface area contributed by atoms with E-state index < -0.39 is 17.3 Å². The van der Waals surface area contributed by atoms with Crippen LogP contribution in [0.15, 0.2) is 0 Å². The highest BCUT2D eigenvalue weighted by Gasteiger charge is 2.47. The Balaban J connectivity index is 2.69. The van der Waals surface area contributed by atoms with Crippen molar-refractivity contribution in [3.63, 3.8) is 0 Å². The van der Waals surface area contributed by atoms with Crippen LogP contribution in [-0.2, 0) is 4.79 Å². The zero-order valence-corrected chi connectivity index (χ0v) is 7.22. The number of carboxylic acid groups (broad SMARTS) is 1. The Hall–Kier alpha value is -0.710. The Morgan fingerprint density at radius 3 is 2.08 bits per heavy atom. The monoisotopic (exact) mass is 193 g/mol. The summed E-state index contributed by atoms with van der Waals surface area (Å²) in [4.78, 5) is 10.8. The van der Waals surface area contributed by atoms with Crippen molar-refractivity contribution in [1.82, 2.24) is 0 Å². The van der Waals surface area contributed by atoms with Crippen molar-refractivity contribution in [2.45, 2.75) is 31.6 Å². The number of carbonyl (C=O) groups is 1. The standard InChI is InChI=1S/C8H13F2NO2/c9-8(10)3-1-7(5-11,2-4-8)6(12)13/h1-5,11H2,(H,12,13). The number of aliphatic carboxylic acids is 1. The summed E-state index contributed by atoms with van der Waals surface area (Å²) in [6.07, 6.45) is -0.773. The van der Waals surface area contributed by atoms with Gasteiger partial charge in [-0.05, 0) is 12.8 Å². The van der Waals surface area contributed by atoms with Crippen LogP contribution in [-0.4, -0.2) is 23.5 Å². The van der Waals surface area contributed by atoms with Gasteiger partial charge in [0.05, 0.1) is 5.41 Å². The number of hydrogen-bond acceptors (Lipinski definition) is 2. The fraction of sp³-hybridized carbons (Fsp3) is 0.875. The first kappa shape index (κ1) is 10.4. The van der Waals surface area contributed by atoms with Crippen LogP contribution in [0.2, 0.25) is 0 Å². The fourth-order valence-corrected chi connectivity index (χ4v) is 1.60. The van der Waals surface area contributed by atoms with E-state index >= 15 is 0 Å². The molecule has 1 saturated carbocycles. The van der Waals surface area contributed by atoms with Gasteiger partial charge in [0.1, 0.15) is 0 Å². The molecule has 3 nitrogen and oxygen atoms in total. The number of nitrogens with two attached hydrogens (primary N) is 1. The summed E-state index contributed by atoms with van der Waals surface area (Å²) in [6.45, 7) is -0.0571. The number of halogens is 2. The molecule has 0 radical (unpaired) electrons. The van der Waals surface area contributed by atoms with Crippen LogP contribution in [0.3, 0.4) is 0 Å². The molecule has 0 amide bonds. The molecule has 0 bridgehead atoms. The van der Waals surface area contributed by atoms with Crippen molar-refractivity contribution >= 4 is 5.97 Å². The lowest BCUT2D eigenvalue weighted by molar-refractivity contribution is -0.155. The van der Waals surface area contributed by atoms with Crippen LogP contribution in [0, 0.1) is 5.41 Å². The molecular formula is C8H13F2NO2. The molecule has 0 aromatic heterocycles. The van der Waals surface area contributed by atoms with Crippen molar-refractivity contribution in [1.29, 1.82) is 0 Å². The smallest absolute Gasteiger partial charge is 0.310 e. The zero-order chi connectivity index (χ0) is 10.1. The van der Waals surface area contributed by atoms with Crippen molar-refractivity contribution < 1.29 is 18.7 Å². The van der Waals surface area contributed by atoms with E-state index in [1.54, 1.807) is 0 Å². The summed E-state index contributed by atoms with van der Waals surface area (Å²) in [5, 5.41) is 8.83. The maximum atomic E-state index is 12.7. The van der Waals surface area contributed by atoms with Crippen LogP contribution < -0.4 is 5.73 Å². The van der Waals surface area contributed by atoms with Crippen molar-refractivity contribution in [2.24, 2.45) is 11.1 Å². The molecule has 5 heteroatoms. The molecule has 1 aliphatic carbocycles. The molecule has 1 aliphatic rings. The minimum absolute atomic E-state index is 0.0220. The first-order chi connectivity index (χ1) is 5.92.